The first-order valence-electron chi connectivity index (χ1n) is 8.97. The van der Waals surface area contributed by atoms with Gasteiger partial charge in [-0.05, 0) is 0 Å². The molecule has 0 N–H and O–H groups in total. The van der Waals surface area contributed by atoms with Crippen LogP contribution in [0.15, 0.2) is 60.7 Å². The zero-order valence-corrected chi connectivity index (χ0v) is 14.8. The standard InChI is InChI=1S/C21H23NO4/c1-24-12-13-25-18-14-19-21(16-8-4-2-5-9-16,17-10-6-3-7-11-17)26-20(23)22(19)15-18/h2-11,18-19H,12-15H2,1H3/t18-,19+/m1/s1. The fourth-order valence-corrected chi connectivity index (χ4v) is 4.11. The summed E-state index contributed by atoms with van der Waals surface area (Å²) in [6, 6.07) is 19.9. The van der Waals surface area contributed by atoms with Crippen LogP contribution in [0.5, 0.6) is 0 Å². The topological polar surface area (TPSA) is 48.0 Å². The number of carbonyl (C=O) groups excluding carboxylic acids is 1. The van der Waals surface area contributed by atoms with Crippen LogP contribution in [-0.4, -0.2) is 50.0 Å². The number of benzene rings is 2. The van der Waals surface area contributed by atoms with Gasteiger partial charge in [0.25, 0.3) is 0 Å². The van der Waals surface area contributed by atoms with Crippen molar-refractivity contribution < 1.29 is 19.0 Å². The third kappa shape index (κ3) is 2.77. The monoisotopic (exact) mass is 353 g/mol. The van der Waals surface area contributed by atoms with Crippen LogP contribution < -0.4 is 0 Å². The molecular weight excluding hydrogens is 330 g/mol. The smallest absolute Gasteiger partial charge is 0.411 e. The van der Waals surface area contributed by atoms with E-state index in [0.717, 1.165) is 17.5 Å². The van der Waals surface area contributed by atoms with E-state index in [1.807, 2.05) is 65.6 Å². The first-order chi connectivity index (χ1) is 12.8. The number of cyclic esters (lactones) is 1. The molecule has 2 fully saturated rings. The molecule has 0 aliphatic carbocycles. The summed E-state index contributed by atoms with van der Waals surface area (Å²) in [4.78, 5) is 14.5. The molecule has 2 atom stereocenters. The molecule has 0 radical (unpaired) electrons. The van der Waals surface area contributed by atoms with Crippen LogP contribution in [0, 0.1) is 0 Å². The predicted octanol–water partition coefficient (Wildman–Crippen LogP) is 3.19. The Bertz CT molecular complexity index is 710. The third-order valence-electron chi connectivity index (χ3n) is 5.26. The van der Waals surface area contributed by atoms with Crippen LogP contribution in [0.1, 0.15) is 17.5 Å². The lowest BCUT2D eigenvalue weighted by Gasteiger charge is -2.33. The molecule has 5 nitrogen and oxygen atoms in total. The van der Waals surface area contributed by atoms with Gasteiger partial charge in [-0.1, -0.05) is 60.7 Å². The van der Waals surface area contributed by atoms with Crippen molar-refractivity contribution in [2.75, 3.05) is 26.9 Å². The molecule has 4 rings (SSSR count). The van der Waals surface area contributed by atoms with E-state index in [-0.39, 0.29) is 18.2 Å². The summed E-state index contributed by atoms with van der Waals surface area (Å²) < 4.78 is 17.1. The van der Waals surface area contributed by atoms with Gasteiger partial charge in [0.1, 0.15) is 0 Å². The molecule has 0 aromatic heterocycles. The van der Waals surface area contributed by atoms with Crippen LogP contribution >= 0.6 is 0 Å². The maximum absolute atomic E-state index is 12.7. The zero-order valence-electron chi connectivity index (χ0n) is 14.8. The number of hydrogen-bond donors (Lipinski definition) is 0. The number of rotatable bonds is 6. The minimum absolute atomic E-state index is 0.00482. The van der Waals surface area contributed by atoms with Gasteiger partial charge in [-0.3, -0.25) is 4.90 Å². The first-order valence-corrected chi connectivity index (χ1v) is 8.97. The van der Waals surface area contributed by atoms with Crippen LogP contribution in [-0.2, 0) is 19.8 Å². The Kier molecular flexibility index (Phi) is 4.66. The van der Waals surface area contributed by atoms with Crippen molar-refractivity contribution >= 4 is 6.09 Å². The second-order valence-corrected chi connectivity index (χ2v) is 6.73. The number of ether oxygens (including phenoxy) is 3. The third-order valence-corrected chi connectivity index (χ3v) is 5.26. The second-order valence-electron chi connectivity index (χ2n) is 6.73. The van der Waals surface area contributed by atoms with E-state index in [4.69, 9.17) is 14.2 Å². The number of nitrogens with zero attached hydrogens (tertiary/aromatic N) is 1. The lowest BCUT2D eigenvalue weighted by Crippen LogP contribution is -2.40. The van der Waals surface area contributed by atoms with Gasteiger partial charge < -0.3 is 14.2 Å². The minimum atomic E-state index is -0.807. The molecule has 0 saturated carbocycles. The molecule has 2 aliphatic heterocycles. The molecule has 136 valence electrons. The molecular formula is C21H23NO4. The van der Waals surface area contributed by atoms with Crippen LogP contribution in [0.3, 0.4) is 0 Å². The Labute approximate surface area is 153 Å². The van der Waals surface area contributed by atoms with Crippen molar-refractivity contribution in [1.29, 1.82) is 0 Å². The van der Waals surface area contributed by atoms with Crippen LogP contribution in [0.25, 0.3) is 0 Å². The maximum Gasteiger partial charge on any atom is 0.411 e. The maximum atomic E-state index is 12.7. The van der Waals surface area contributed by atoms with Gasteiger partial charge in [0.05, 0.1) is 31.9 Å². The number of fused-ring (bicyclic) bond motifs is 1. The van der Waals surface area contributed by atoms with Crippen molar-refractivity contribution in [3.8, 4) is 0 Å². The van der Waals surface area contributed by atoms with Gasteiger partial charge in [0, 0.05) is 24.7 Å². The fourth-order valence-electron chi connectivity index (χ4n) is 4.11. The fraction of sp³-hybridized carbons (Fsp3) is 0.381. The van der Waals surface area contributed by atoms with Gasteiger partial charge in [0.2, 0.25) is 0 Å². The summed E-state index contributed by atoms with van der Waals surface area (Å²) >= 11 is 0. The Morgan fingerprint density at radius 3 is 2.23 bits per heavy atom. The quantitative estimate of drug-likeness (QED) is 0.749. The van der Waals surface area contributed by atoms with E-state index in [1.165, 1.54) is 0 Å². The van der Waals surface area contributed by atoms with Gasteiger partial charge in [-0.15, -0.1) is 0 Å². The van der Waals surface area contributed by atoms with Gasteiger partial charge >= 0.3 is 6.09 Å². The van der Waals surface area contributed by atoms with E-state index >= 15 is 0 Å². The van der Waals surface area contributed by atoms with Crippen molar-refractivity contribution in [2.24, 2.45) is 0 Å². The molecule has 26 heavy (non-hydrogen) atoms. The van der Waals surface area contributed by atoms with E-state index in [2.05, 4.69) is 0 Å². The van der Waals surface area contributed by atoms with Crippen LogP contribution in [0.4, 0.5) is 4.79 Å². The highest BCUT2D eigenvalue weighted by molar-refractivity contribution is 5.74. The largest absolute Gasteiger partial charge is 0.431 e. The summed E-state index contributed by atoms with van der Waals surface area (Å²) in [5, 5.41) is 0. The molecule has 0 unspecified atom stereocenters. The lowest BCUT2D eigenvalue weighted by atomic mass is 9.79. The molecule has 2 aromatic carbocycles. The average Bonchev–Trinajstić information content (AvgIpc) is 3.23. The molecule has 0 bridgehead atoms. The Morgan fingerprint density at radius 1 is 1.04 bits per heavy atom. The molecule has 2 aliphatic rings. The van der Waals surface area contributed by atoms with Crippen LogP contribution in [0.2, 0.25) is 0 Å². The van der Waals surface area contributed by atoms with E-state index in [9.17, 15) is 4.79 Å². The highest BCUT2D eigenvalue weighted by atomic mass is 16.6. The van der Waals surface area contributed by atoms with Crippen molar-refractivity contribution in [2.45, 2.75) is 24.2 Å². The normalized spacial score (nSPS) is 23.7. The zero-order chi connectivity index (χ0) is 18.0. The first kappa shape index (κ1) is 17.1. The molecule has 2 aromatic rings. The SMILES string of the molecule is COCCO[C@@H]1C[C@@H]2N(C1)C(=O)OC2(c1ccccc1)c1ccccc1. The molecule has 2 saturated heterocycles. The average molecular weight is 353 g/mol. The van der Waals surface area contributed by atoms with Gasteiger partial charge in [-0.2, -0.15) is 0 Å². The molecule has 0 spiro atoms. The molecule has 1 amide bonds. The highest BCUT2D eigenvalue weighted by Gasteiger charge is 2.59. The summed E-state index contributed by atoms with van der Waals surface area (Å²) in [7, 11) is 1.66. The number of methoxy groups -OCH3 is 1. The summed E-state index contributed by atoms with van der Waals surface area (Å²) in [6.07, 6.45) is 0.453. The Balaban J connectivity index is 1.72. The van der Waals surface area contributed by atoms with Crippen molar-refractivity contribution in [3.05, 3.63) is 71.8 Å². The Morgan fingerprint density at radius 2 is 1.65 bits per heavy atom. The number of carbonyl (C=O) groups is 1. The van der Waals surface area contributed by atoms with Gasteiger partial charge in [0.15, 0.2) is 5.60 Å². The predicted molar refractivity (Wildman–Crippen MR) is 96.9 cm³/mol. The Hall–Kier alpha value is -2.37. The minimum Gasteiger partial charge on any atom is -0.431 e. The summed E-state index contributed by atoms with van der Waals surface area (Å²) in [5.74, 6) is 0. The number of amides is 1. The molecule has 2 heterocycles. The second kappa shape index (κ2) is 7.09. The van der Waals surface area contributed by atoms with Crippen molar-refractivity contribution in [1.82, 2.24) is 4.90 Å². The van der Waals surface area contributed by atoms with Crippen molar-refractivity contribution in [3.63, 3.8) is 0 Å². The van der Waals surface area contributed by atoms with E-state index in [0.29, 0.717) is 19.8 Å². The number of hydrogen-bond acceptors (Lipinski definition) is 4. The van der Waals surface area contributed by atoms with Gasteiger partial charge in [-0.25, -0.2) is 4.79 Å². The van der Waals surface area contributed by atoms with E-state index in [1.54, 1.807) is 7.11 Å². The summed E-state index contributed by atoms with van der Waals surface area (Å²) in [5.41, 5.74) is 1.17. The lowest BCUT2D eigenvalue weighted by molar-refractivity contribution is 0.00990. The highest BCUT2D eigenvalue weighted by Crippen LogP contribution is 2.48. The van der Waals surface area contributed by atoms with E-state index < -0.39 is 5.60 Å². The molecule has 5 heteroatoms. The summed E-state index contributed by atoms with van der Waals surface area (Å²) in [6.45, 7) is 1.63.